The van der Waals surface area contributed by atoms with Crippen LogP contribution in [0.1, 0.15) is 6.42 Å². The van der Waals surface area contributed by atoms with Gasteiger partial charge in [-0.15, -0.1) is 0 Å². The summed E-state index contributed by atoms with van der Waals surface area (Å²) in [7, 11) is 1.73. The minimum Gasteiger partial charge on any atom is -0.387 e. The maximum Gasteiger partial charge on any atom is 0.223 e. The SMILES string of the molecule is CN1CC(C(=N)N)CC1=O. The van der Waals surface area contributed by atoms with Crippen LogP contribution in [0.2, 0.25) is 0 Å². The maximum absolute atomic E-state index is 10.9. The van der Waals surface area contributed by atoms with Crippen molar-refractivity contribution in [2.45, 2.75) is 6.42 Å². The molecule has 1 rings (SSSR count). The van der Waals surface area contributed by atoms with Crippen molar-refractivity contribution in [3.63, 3.8) is 0 Å². The number of amides is 1. The summed E-state index contributed by atoms with van der Waals surface area (Å²) in [6.45, 7) is 0.605. The molecule has 56 valence electrons. The van der Waals surface area contributed by atoms with Gasteiger partial charge in [-0.3, -0.25) is 10.2 Å². The number of rotatable bonds is 1. The summed E-state index contributed by atoms with van der Waals surface area (Å²) in [5, 5.41) is 7.07. The predicted molar refractivity (Wildman–Crippen MR) is 37.7 cm³/mol. The lowest BCUT2D eigenvalue weighted by molar-refractivity contribution is -0.126. The third-order valence-corrected chi connectivity index (χ3v) is 1.78. The van der Waals surface area contributed by atoms with Gasteiger partial charge in [-0.2, -0.15) is 0 Å². The Labute approximate surface area is 59.5 Å². The van der Waals surface area contributed by atoms with Crippen molar-refractivity contribution >= 4 is 11.7 Å². The Hall–Kier alpha value is -1.06. The summed E-state index contributed by atoms with van der Waals surface area (Å²) >= 11 is 0. The van der Waals surface area contributed by atoms with E-state index >= 15 is 0 Å². The van der Waals surface area contributed by atoms with E-state index in [1.165, 1.54) is 0 Å². The summed E-state index contributed by atoms with van der Waals surface area (Å²) in [4.78, 5) is 12.5. The quantitative estimate of drug-likeness (QED) is 0.378. The molecule has 1 amide bonds. The van der Waals surface area contributed by atoms with E-state index in [0.29, 0.717) is 13.0 Å². The molecule has 0 aromatic carbocycles. The largest absolute Gasteiger partial charge is 0.387 e. The molecule has 1 heterocycles. The van der Waals surface area contributed by atoms with E-state index in [1.807, 2.05) is 0 Å². The molecule has 0 aliphatic carbocycles. The van der Waals surface area contributed by atoms with Crippen LogP contribution in [0.5, 0.6) is 0 Å². The van der Waals surface area contributed by atoms with Gasteiger partial charge in [0, 0.05) is 25.9 Å². The summed E-state index contributed by atoms with van der Waals surface area (Å²) in [6, 6.07) is 0. The molecule has 4 heteroatoms. The predicted octanol–water partition coefficient (Wildman–Crippen LogP) is -0.599. The molecule has 0 aromatic rings. The van der Waals surface area contributed by atoms with Crippen LogP contribution in [0.4, 0.5) is 0 Å². The van der Waals surface area contributed by atoms with Crippen LogP contribution < -0.4 is 5.73 Å². The summed E-state index contributed by atoms with van der Waals surface area (Å²) in [5.74, 6) is 0.162. The van der Waals surface area contributed by atoms with E-state index in [0.717, 1.165) is 0 Å². The molecule has 1 fully saturated rings. The van der Waals surface area contributed by atoms with Crippen molar-refractivity contribution in [2.75, 3.05) is 13.6 Å². The second kappa shape index (κ2) is 2.28. The maximum atomic E-state index is 10.9. The molecule has 0 aromatic heterocycles. The van der Waals surface area contributed by atoms with E-state index in [9.17, 15) is 4.79 Å². The minimum absolute atomic E-state index is 0.0440. The second-order valence-corrected chi connectivity index (χ2v) is 2.63. The lowest BCUT2D eigenvalue weighted by Crippen LogP contribution is -2.25. The van der Waals surface area contributed by atoms with Crippen molar-refractivity contribution in [1.82, 2.24) is 4.90 Å². The van der Waals surface area contributed by atoms with E-state index in [1.54, 1.807) is 11.9 Å². The highest BCUT2D eigenvalue weighted by atomic mass is 16.2. The van der Waals surface area contributed by atoms with Gasteiger partial charge in [-0.25, -0.2) is 0 Å². The molecule has 0 radical (unpaired) electrons. The Balaban J connectivity index is 2.57. The summed E-state index contributed by atoms with van der Waals surface area (Å²) < 4.78 is 0. The van der Waals surface area contributed by atoms with Crippen LogP contribution in [0.3, 0.4) is 0 Å². The average Bonchev–Trinajstić information content (AvgIpc) is 2.13. The highest BCUT2D eigenvalue weighted by Crippen LogP contribution is 2.14. The summed E-state index contributed by atoms with van der Waals surface area (Å²) in [5.41, 5.74) is 5.23. The van der Waals surface area contributed by atoms with Crippen LogP contribution in [0.15, 0.2) is 0 Å². The number of likely N-dealkylation sites (tertiary alicyclic amines) is 1. The lowest BCUT2D eigenvalue weighted by atomic mass is 10.1. The standard InChI is InChI=1S/C6H11N3O/c1-9-3-4(6(7)8)2-5(9)10/h4H,2-3H2,1H3,(H3,7,8). The number of carbonyl (C=O) groups excluding carboxylic acids is 1. The first-order valence-corrected chi connectivity index (χ1v) is 3.19. The monoisotopic (exact) mass is 141 g/mol. The van der Waals surface area contributed by atoms with Gasteiger partial charge in [0.1, 0.15) is 0 Å². The number of nitrogens with two attached hydrogens (primary N) is 1. The zero-order valence-corrected chi connectivity index (χ0v) is 5.92. The molecule has 1 saturated heterocycles. The second-order valence-electron chi connectivity index (χ2n) is 2.63. The molecule has 10 heavy (non-hydrogen) atoms. The Morgan fingerprint density at radius 3 is 2.70 bits per heavy atom. The molecule has 1 unspecified atom stereocenters. The Morgan fingerprint density at radius 1 is 1.90 bits per heavy atom. The van der Waals surface area contributed by atoms with Crippen molar-refractivity contribution in [1.29, 1.82) is 5.41 Å². The Bertz CT molecular complexity index is 178. The van der Waals surface area contributed by atoms with Crippen LogP contribution in [-0.4, -0.2) is 30.2 Å². The zero-order chi connectivity index (χ0) is 7.72. The molecular weight excluding hydrogens is 130 g/mol. The van der Waals surface area contributed by atoms with Gasteiger partial charge in [0.2, 0.25) is 5.91 Å². The first kappa shape index (κ1) is 7.05. The zero-order valence-electron chi connectivity index (χ0n) is 5.92. The molecular formula is C6H11N3O. The van der Waals surface area contributed by atoms with Gasteiger partial charge in [0.25, 0.3) is 0 Å². The van der Waals surface area contributed by atoms with Gasteiger partial charge in [-0.1, -0.05) is 0 Å². The highest BCUT2D eigenvalue weighted by molar-refractivity contribution is 5.89. The number of nitrogens with one attached hydrogen (secondary N) is 1. The Morgan fingerprint density at radius 2 is 2.50 bits per heavy atom. The fraction of sp³-hybridized carbons (Fsp3) is 0.667. The van der Waals surface area contributed by atoms with Gasteiger partial charge in [0.15, 0.2) is 0 Å². The smallest absolute Gasteiger partial charge is 0.223 e. The van der Waals surface area contributed by atoms with Crippen LogP contribution >= 0.6 is 0 Å². The fourth-order valence-electron chi connectivity index (χ4n) is 1.07. The number of hydrogen-bond donors (Lipinski definition) is 2. The van der Waals surface area contributed by atoms with Crippen LogP contribution in [-0.2, 0) is 4.79 Å². The van der Waals surface area contributed by atoms with Crippen LogP contribution in [0.25, 0.3) is 0 Å². The average molecular weight is 141 g/mol. The van der Waals surface area contributed by atoms with Crippen molar-refractivity contribution < 1.29 is 4.79 Å². The molecule has 0 bridgehead atoms. The third kappa shape index (κ3) is 1.10. The lowest BCUT2D eigenvalue weighted by Gasteiger charge is -2.07. The first-order valence-electron chi connectivity index (χ1n) is 3.19. The minimum atomic E-state index is -0.0440. The third-order valence-electron chi connectivity index (χ3n) is 1.78. The molecule has 4 nitrogen and oxygen atoms in total. The molecule has 1 atom stereocenters. The molecule has 0 spiro atoms. The topological polar surface area (TPSA) is 70.2 Å². The van der Waals surface area contributed by atoms with Crippen molar-refractivity contribution in [3.8, 4) is 0 Å². The summed E-state index contributed by atoms with van der Waals surface area (Å²) in [6.07, 6.45) is 0.409. The number of hydrogen-bond acceptors (Lipinski definition) is 2. The van der Waals surface area contributed by atoms with E-state index in [-0.39, 0.29) is 17.7 Å². The molecule has 1 aliphatic heterocycles. The highest BCUT2D eigenvalue weighted by Gasteiger charge is 2.28. The molecule has 3 N–H and O–H groups in total. The fourth-order valence-corrected chi connectivity index (χ4v) is 1.07. The number of nitrogens with zero attached hydrogens (tertiary/aromatic N) is 1. The van der Waals surface area contributed by atoms with Gasteiger partial charge >= 0.3 is 0 Å². The molecule has 1 aliphatic rings. The molecule has 0 saturated carbocycles. The van der Waals surface area contributed by atoms with E-state index < -0.39 is 0 Å². The Kier molecular flexibility index (Phi) is 1.61. The van der Waals surface area contributed by atoms with E-state index in [4.69, 9.17) is 11.1 Å². The van der Waals surface area contributed by atoms with Gasteiger partial charge in [-0.05, 0) is 0 Å². The van der Waals surface area contributed by atoms with E-state index in [2.05, 4.69) is 0 Å². The van der Waals surface area contributed by atoms with Crippen molar-refractivity contribution in [3.05, 3.63) is 0 Å². The number of carbonyl (C=O) groups is 1. The first-order chi connectivity index (χ1) is 4.61. The van der Waals surface area contributed by atoms with Crippen molar-refractivity contribution in [2.24, 2.45) is 11.7 Å². The van der Waals surface area contributed by atoms with Gasteiger partial charge < -0.3 is 10.6 Å². The van der Waals surface area contributed by atoms with Gasteiger partial charge in [0.05, 0.1) is 5.84 Å². The van der Waals surface area contributed by atoms with Crippen LogP contribution in [0, 0.1) is 11.3 Å². The number of amidine groups is 1. The normalized spacial score (nSPS) is 25.5.